The number of hydrogen-bond donors (Lipinski definition) is 0. The predicted molar refractivity (Wildman–Crippen MR) is 62.3 cm³/mol. The van der Waals surface area contributed by atoms with E-state index in [4.69, 9.17) is 0 Å². The number of carbonyl (C=O) groups excluding carboxylic acids is 1. The summed E-state index contributed by atoms with van der Waals surface area (Å²) in [5, 5.41) is 0. The molecule has 0 saturated carbocycles. The van der Waals surface area contributed by atoms with Gasteiger partial charge in [-0.2, -0.15) is 0 Å². The van der Waals surface area contributed by atoms with E-state index in [1.54, 1.807) is 6.08 Å². The van der Waals surface area contributed by atoms with Gasteiger partial charge in [-0.1, -0.05) is 46.8 Å². The lowest BCUT2D eigenvalue weighted by Crippen LogP contribution is -2.06. The van der Waals surface area contributed by atoms with Crippen molar-refractivity contribution < 1.29 is 4.79 Å². The van der Waals surface area contributed by atoms with Gasteiger partial charge in [-0.05, 0) is 23.5 Å². The van der Waals surface area contributed by atoms with Crippen molar-refractivity contribution in [1.82, 2.24) is 0 Å². The highest BCUT2D eigenvalue weighted by atomic mass is 16.1. The summed E-state index contributed by atoms with van der Waals surface area (Å²) in [6, 6.07) is 0. The Kier molecular flexibility index (Phi) is 5.44. The van der Waals surface area contributed by atoms with Crippen LogP contribution < -0.4 is 0 Å². The molecule has 0 radical (unpaired) electrons. The first-order valence-corrected chi connectivity index (χ1v) is 5.28. The molecule has 14 heavy (non-hydrogen) atoms. The maximum Gasteiger partial charge on any atom is 0.155 e. The molecule has 0 aromatic rings. The van der Waals surface area contributed by atoms with Crippen molar-refractivity contribution in [3.8, 4) is 0 Å². The number of carbonyl (C=O) groups is 1. The number of rotatable bonds is 5. The minimum atomic E-state index is 0.0571. The Balaban J connectivity index is 4.05. The highest BCUT2D eigenvalue weighted by Crippen LogP contribution is 2.24. The maximum absolute atomic E-state index is 11.3. The molecule has 0 amide bonds. The number of hydrogen-bond acceptors (Lipinski definition) is 1. The number of unbranched alkanes of at least 4 members (excludes halogenated alkanes) is 1. The average molecular weight is 194 g/mol. The summed E-state index contributed by atoms with van der Waals surface area (Å²) < 4.78 is 0. The third-order valence-electron chi connectivity index (χ3n) is 2.21. The van der Waals surface area contributed by atoms with E-state index in [1.807, 2.05) is 6.08 Å². The Hall–Kier alpha value is -0.850. The molecular formula is C13H22O. The monoisotopic (exact) mass is 194 g/mol. The summed E-state index contributed by atoms with van der Waals surface area (Å²) in [7, 11) is 0. The molecule has 0 aliphatic carbocycles. The zero-order valence-corrected chi connectivity index (χ0v) is 9.89. The molecule has 0 heterocycles. The zero-order chi connectivity index (χ0) is 11.2. The van der Waals surface area contributed by atoms with Crippen LogP contribution in [0.5, 0.6) is 0 Å². The Morgan fingerprint density at radius 3 is 2.29 bits per heavy atom. The van der Waals surface area contributed by atoms with E-state index in [2.05, 4.69) is 34.3 Å². The summed E-state index contributed by atoms with van der Waals surface area (Å²) in [4.78, 5) is 11.3. The molecule has 0 N–H and O–H groups in total. The van der Waals surface area contributed by atoms with Gasteiger partial charge in [0.2, 0.25) is 0 Å². The molecule has 1 nitrogen and oxygen atoms in total. The second kappa shape index (κ2) is 5.79. The SMILES string of the molecule is C=C(/C=C\C(=O)CCCC)C(C)(C)C. The van der Waals surface area contributed by atoms with Gasteiger partial charge in [0.05, 0.1) is 0 Å². The molecule has 1 heteroatoms. The Morgan fingerprint density at radius 2 is 1.86 bits per heavy atom. The van der Waals surface area contributed by atoms with Gasteiger partial charge in [-0.25, -0.2) is 0 Å². The highest BCUT2D eigenvalue weighted by molar-refractivity contribution is 5.90. The normalized spacial score (nSPS) is 12.0. The van der Waals surface area contributed by atoms with Gasteiger partial charge < -0.3 is 0 Å². The molecular weight excluding hydrogens is 172 g/mol. The average Bonchev–Trinajstić information content (AvgIpc) is 2.09. The van der Waals surface area contributed by atoms with E-state index in [0.29, 0.717) is 6.42 Å². The van der Waals surface area contributed by atoms with Crippen LogP contribution in [-0.4, -0.2) is 5.78 Å². The largest absolute Gasteiger partial charge is 0.295 e. The van der Waals surface area contributed by atoms with Crippen LogP contribution in [0.2, 0.25) is 0 Å². The lowest BCUT2D eigenvalue weighted by atomic mass is 9.87. The van der Waals surface area contributed by atoms with Crippen molar-refractivity contribution in [2.24, 2.45) is 5.41 Å². The molecule has 0 atom stereocenters. The molecule has 0 unspecified atom stereocenters. The quantitative estimate of drug-likeness (QED) is 0.479. The summed E-state index contributed by atoms with van der Waals surface area (Å²) in [6.07, 6.45) is 6.20. The Bertz CT molecular complexity index is 228. The number of allylic oxidation sites excluding steroid dienone is 3. The third-order valence-corrected chi connectivity index (χ3v) is 2.21. The van der Waals surface area contributed by atoms with E-state index in [9.17, 15) is 4.79 Å². The van der Waals surface area contributed by atoms with E-state index in [1.165, 1.54) is 0 Å². The van der Waals surface area contributed by atoms with E-state index >= 15 is 0 Å². The minimum Gasteiger partial charge on any atom is -0.295 e. The molecule has 0 bridgehead atoms. The molecule has 0 saturated heterocycles. The smallest absolute Gasteiger partial charge is 0.155 e. The van der Waals surface area contributed by atoms with Crippen molar-refractivity contribution in [2.45, 2.75) is 47.0 Å². The first-order chi connectivity index (χ1) is 6.38. The second-order valence-corrected chi connectivity index (χ2v) is 4.68. The molecule has 0 aliphatic heterocycles. The Morgan fingerprint density at radius 1 is 1.29 bits per heavy atom. The van der Waals surface area contributed by atoms with Gasteiger partial charge in [-0.3, -0.25) is 4.79 Å². The van der Waals surface area contributed by atoms with Crippen LogP contribution in [0.3, 0.4) is 0 Å². The molecule has 0 spiro atoms. The first kappa shape index (κ1) is 13.2. The molecule has 80 valence electrons. The van der Waals surface area contributed by atoms with Crippen molar-refractivity contribution in [3.63, 3.8) is 0 Å². The van der Waals surface area contributed by atoms with Crippen LogP contribution in [0.4, 0.5) is 0 Å². The highest BCUT2D eigenvalue weighted by Gasteiger charge is 2.11. The fraction of sp³-hybridized carbons (Fsp3) is 0.615. The summed E-state index contributed by atoms with van der Waals surface area (Å²) in [5.74, 6) is 0.206. The third kappa shape index (κ3) is 5.74. The second-order valence-electron chi connectivity index (χ2n) is 4.68. The van der Waals surface area contributed by atoms with E-state index in [0.717, 1.165) is 18.4 Å². The van der Waals surface area contributed by atoms with Crippen molar-refractivity contribution in [2.75, 3.05) is 0 Å². The van der Waals surface area contributed by atoms with Crippen LogP contribution >= 0.6 is 0 Å². The van der Waals surface area contributed by atoms with E-state index in [-0.39, 0.29) is 11.2 Å². The van der Waals surface area contributed by atoms with Gasteiger partial charge in [-0.15, -0.1) is 0 Å². The fourth-order valence-electron chi connectivity index (χ4n) is 0.878. The lowest BCUT2D eigenvalue weighted by molar-refractivity contribution is -0.114. The van der Waals surface area contributed by atoms with Gasteiger partial charge in [0.15, 0.2) is 5.78 Å². The van der Waals surface area contributed by atoms with Gasteiger partial charge in [0.25, 0.3) is 0 Å². The van der Waals surface area contributed by atoms with E-state index < -0.39 is 0 Å². The van der Waals surface area contributed by atoms with Crippen molar-refractivity contribution in [1.29, 1.82) is 0 Å². The molecule has 0 aliphatic rings. The van der Waals surface area contributed by atoms with Crippen LogP contribution in [-0.2, 0) is 4.79 Å². The zero-order valence-electron chi connectivity index (χ0n) is 9.89. The topological polar surface area (TPSA) is 17.1 Å². The Labute approximate surface area is 87.9 Å². The van der Waals surface area contributed by atoms with Gasteiger partial charge in [0, 0.05) is 6.42 Å². The number of ketones is 1. The van der Waals surface area contributed by atoms with Crippen LogP contribution in [0, 0.1) is 5.41 Å². The predicted octanol–water partition coefficient (Wildman–Crippen LogP) is 3.90. The molecule has 0 fully saturated rings. The maximum atomic E-state index is 11.3. The first-order valence-electron chi connectivity index (χ1n) is 5.28. The fourth-order valence-corrected chi connectivity index (χ4v) is 0.878. The standard InChI is InChI=1S/C13H22O/c1-6-7-8-12(14)10-9-11(2)13(3,4)5/h9-10H,2,6-8H2,1,3-5H3/b10-9-. The minimum absolute atomic E-state index is 0.0571. The van der Waals surface area contributed by atoms with Crippen molar-refractivity contribution in [3.05, 3.63) is 24.3 Å². The van der Waals surface area contributed by atoms with Crippen molar-refractivity contribution >= 4 is 5.78 Å². The molecule has 0 aromatic heterocycles. The van der Waals surface area contributed by atoms with Crippen LogP contribution in [0.15, 0.2) is 24.3 Å². The lowest BCUT2D eigenvalue weighted by Gasteiger charge is -2.18. The van der Waals surface area contributed by atoms with Crippen LogP contribution in [0.1, 0.15) is 47.0 Å². The molecule has 0 aromatic carbocycles. The van der Waals surface area contributed by atoms with Gasteiger partial charge in [0.1, 0.15) is 0 Å². The van der Waals surface area contributed by atoms with Gasteiger partial charge >= 0.3 is 0 Å². The summed E-state index contributed by atoms with van der Waals surface area (Å²) in [5.41, 5.74) is 1.06. The summed E-state index contributed by atoms with van der Waals surface area (Å²) in [6.45, 7) is 12.3. The molecule has 0 rings (SSSR count). The summed E-state index contributed by atoms with van der Waals surface area (Å²) >= 11 is 0. The van der Waals surface area contributed by atoms with Crippen LogP contribution in [0.25, 0.3) is 0 Å².